The van der Waals surface area contributed by atoms with Crippen LogP contribution in [-0.2, 0) is 11.3 Å². The fourth-order valence-corrected chi connectivity index (χ4v) is 4.14. The Morgan fingerprint density at radius 3 is 2.92 bits per heavy atom. The van der Waals surface area contributed by atoms with Crippen LogP contribution in [0, 0.1) is 17.2 Å². The summed E-state index contributed by atoms with van der Waals surface area (Å²) in [6, 6.07) is 4.92. The molecule has 3 rings (SSSR count). The van der Waals surface area contributed by atoms with Crippen molar-refractivity contribution in [1.29, 1.82) is 0 Å². The van der Waals surface area contributed by atoms with Crippen molar-refractivity contribution in [1.82, 2.24) is 9.80 Å². The summed E-state index contributed by atoms with van der Waals surface area (Å²) < 4.78 is 18.6. The molecule has 5 nitrogen and oxygen atoms in total. The second-order valence-corrected chi connectivity index (χ2v) is 7.09. The van der Waals surface area contributed by atoms with Gasteiger partial charge in [-0.3, -0.25) is 9.69 Å². The number of rotatable bonds is 4. The summed E-state index contributed by atoms with van der Waals surface area (Å²) in [5.74, 6) is 0.319. The number of aliphatic hydroxyl groups excluding tert-OH is 1. The summed E-state index contributed by atoms with van der Waals surface area (Å²) in [5, 5.41) is 10.0. The van der Waals surface area contributed by atoms with Crippen molar-refractivity contribution >= 4 is 5.91 Å². The van der Waals surface area contributed by atoms with Crippen molar-refractivity contribution in [3.05, 3.63) is 29.6 Å². The SMILES string of the molecule is COc1cc(CN2CC[C@H]3CN(C(C)=O)C[C@@]3(CO)C2)ccc1F. The van der Waals surface area contributed by atoms with Crippen LogP contribution in [-0.4, -0.2) is 60.7 Å². The fraction of sp³-hybridized carbons (Fsp3) is 0.611. The van der Waals surface area contributed by atoms with Gasteiger partial charge in [0.1, 0.15) is 0 Å². The van der Waals surface area contributed by atoms with E-state index in [1.807, 2.05) is 4.90 Å². The number of ether oxygens (including phenoxy) is 1. The van der Waals surface area contributed by atoms with Gasteiger partial charge in [0.2, 0.25) is 5.91 Å². The zero-order chi connectivity index (χ0) is 17.3. The van der Waals surface area contributed by atoms with Gasteiger partial charge in [-0.1, -0.05) is 6.07 Å². The Bertz CT molecular complexity index is 624. The zero-order valence-electron chi connectivity index (χ0n) is 14.3. The summed E-state index contributed by atoms with van der Waals surface area (Å²) in [6.07, 6.45) is 0.961. The van der Waals surface area contributed by atoms with Gasteiger partial charge in [0.15, 0.2) is 11.6 Å². The van der Waals surface area contributed by atoms with E-state index < -0.39 is 0 Å². The lowest BCUT2D eigenvalue weighted by Gasteiger charge is -2.43. The summed E-state index contributed by atoms with van der Waals surface area (Å²) in [4.78, 5) is 15.8. The first kappa shape index (κ1) is 17.2. The standard InChI is InChI=1S/C18H25FN2O3/c1-13(23)21-9-15-5-6-20(10-18(15,11-21)12-22)8-14-3-4-16(19)17(7-14)24-2/h3-4,7,15,22H,5-6,8-12H2,1-2H3/t15-,18+/m0/s1. The van der Waals surface area contributed by atoms with Gasteiger partial charge in [0.25, 0.3) is 0 Å². The highest BCUT2D eigenvalue weighted by Crippen LogP contribution is 2.42. The molecule has 0 aliphatic carbocycles. The minimum atomic E-state index is -0.361. The van der Waals surface area contributed by atoms with Crippen molar-refractivity contribution in [2.24, 2.45) is 11.3 Å². The van der Waals surface area contributed by atoms with Crippen LogP contribution in [0.1, 0.15) is 18.9 Å². The molecule has 24 heavy (non-hydrogen) atoms. The monoisotopic (exact) mass is 336 g/mol. The molecule has 2 saturated heterocycles. The van der Waals surface area contributed by atoms with Gasteiger partial charge in [0, 0.05) is 38.5 Å². The number of carbonyl (C=O) groups is 1. The number of methoxy groups -OCH3 is 1. The first-order chi connectivity index (χ1) is 11.5. The lowest BCUT2D eigenvalue weighted by molar-refractivity contribution is -0.128. The predicted octanol–water partition coefficient (Wildman–Crippen LogP) is 1.50. The van der Waals surface area contributed by atoms with Gasteiger partial charge < -0.3 is 14.7 Å². The third-order valence-electron chi connectivity index (χ3n) is 5.53. The zero-order valence-corrected chi connectivity index (χ0v) is 14.3. The number of aliphatic hydroxyl groups is 1. The maximum Gasteiger partial charge on any atom is 0.219 e. The Kier molecular flexibility index (Phi) is 4.78. The van der Waals surface area contributed by atoms with Crippen LogP contribution in [0.2, 0.25) is 0 Å². The number of fused-ring (bicyclic) bond motifs is 1. The van der Waals surface area contributed by atoms with Crippen molar-refractivity contribution < 1.29 is 19.0 Å². The van der Waals surface area contributed by atoms with Crippen LogP contribution in [0.3, 0.4) is 0 Å². The second-order valence-electron chi connectivity index (χ2n) is 7.09. The molecular weight excluding hydrogens is 311 g/mol. The van der Waals surface area contributed by atoms with Gasteiger partial charge >= 0.3 is 0 Å². The number of benzene rings is 1. The molecule has 0 radical (unpaired) electrons. The molecule has 2 aliphatic heterocycles. The predicted molar refractivity (Wildman–Crippen MR) is 88.1 cm³/mol. The molecule has 2 heterocycles. The van der Waals surface area contributed by atoms with E-state index in [9.17, 15) is 14.3 Å². The van der Waals surface area contributed by atoms with E-state index in [2.05, 4.69) is 4.90 Å². The minimum Gasteiger partial charge on any atom is -0.494 e. The molecule has 0 saturated carbocycles. The maximum absolute atomic E-state index is 13.5. The normalized spacial score (nSPS) is 27.2. The molecule has 1 aromatic rings. The smallest absolute Gasteiger partial charge is 0.219 e. The van der Waals surface area contributed by atoms with Crippen LogP contribution in [0.4, 0.5) is 4.39 Å². The van der Waals surface area contributed by atoms with E-state index in [0.29, 0.717) is 19.0 Å². The van der Waals surface area contributed by atoms with Crippen LogP contribution in [0.15, 0.2) is 18.2 Å². The highest BCUT2D eigenvalue weighted by atomic mass is 19.1. The molecule has 1 aromatic carbocycles. The molecule has 0 aromatic heterocycles. The fourth-order valence-electron chi connectivity index (χ4n) is 4.14. The third-order valence-corrected chi connectivity index (χ3v) is 5.53. The van der Waals surface area contributed by atoms with E-state index in [-0.39, 0.29) is 29.5 Å². The molecule has 2 atom stereocenters. The molecule has 132 valence electrons. The lowest BCUT2D eigenvalue weighted by atomic mass is 9.74. The number of hydrogen-bond donors (Lipinski definition) is 1. The van der Waals surface area contributed by atoms with Gasteiger partial charge in [-0.15, -0.1) is 0 Å². The summed E-state index contributed by atoms with van der Waals surface area (Å²) in [5.41, 5.74) is 0.745. The van der Waals surface area contributed by atoms with Crippen LogP contribution >= 0.6 is 0 Å². The molecular formula is C18H25FN2O3. The summed E-state index contributed by atoms with van der Waals surface area (Å²) >= 11 is 0. The van der Waals surface area contributed by atoms with Gasteiger partial charge in [-0.2, -0.15) is 0 Å². The molecule has 2 fully saturated rings. The van der Waals surface area contributed by atoms with Gasteiger partial charge in [-0.25, -0.2) is 4.39 Å². The molecule has 1 N–H and O–H groups in total. The number of likely N-dealkylation sites (tertiary alicyclic amines) is 2. The molecule has 0 bridgehead atoms. The van der Waals surface area contributed by atoms with Crippen molar-refractivity contribution in [3.8, 4) is 5.75 Å². The molecule has 0 spiro atoms. The summed E-state index contributed by atoms with van der Waals surface area (Å²) in [7, 11) is 1.46. The largest absolute Gasteiger partial charge is 0.494 e. The van der Waals surface area contributed by atoms with Crippen LogP contribution in [0.5, 0.6) is 5.75 Å². The highest BCUT2D eigenvalue weighted by Gasteiger charge is 2.49. The average Bonchev–Trinajstić information content (AvgIpc) is 2.96. The molecule has 6 heteroatoms. The highest BCUT2D eigenvalue weighted by molar-refractivity contribution is 5.73. The number of amides is 1. The average molecular weight is 336 g/mol. The third kappa shape index (κ3) is 3.13. The van der Waals surface area contributed by atoms with E-state index in [0.717, 1.165) is 31.6 Å². The summed E-state index contributed by atoms with van der Waals surface area (Å²) in [6.45, 7) is 5.39. The lowest BCUT2D eigenvalue weighted by Crippen LogP contribution is -2.50. The minimum absolute atomic E-state index is 0.0760. The van der Waals surface area contributed by atoms with Gasteiger partial charge in [-0.05, 0) is 36.6 Å². The van der Waals surface area contributed by atoms with Crippen molar-refractivity contribution in [2.75, 3.05) is 39.9 Å². The quantitative estimate of drug-likeness (QED) is 0.905. The Hall–Kier alpha value is -1.66. The van der Waals surface area contributed by atoms with E-state index in [1.54, 1.807) is 19.1 Å². The number of piperidine rings is 1. The number of carbonyl (C=O) groups excluding carboxylic acids is 1. The topological polar surface area (TPSA) is 53.0 Å². The number of halogens is 1. The Morgan fingerprint density at radius 2 is 2.25 bits per heavy atom. The van der Waals surface area contributed by atoms with E-state index in [4.69, 9.17) is 4.74 Å². The van der Waals surface area contributed by atoms with E-state index >= 15 is 0 Å². The Labute approximate surface area is 142 Å². The van der Waals surface area contributed by atoms with Crippen molar-refractivity contribution in [2.45, 2.75) is 19.9 Å². The van der Waals surface area contributed by atoms with Crippen LogP contribution < -0.4 is 4.74 Å². The number of nitrogens with zero attached hydrogens (tertiary/aromatic N) is 2. The second kappa shape index (κ2) is 6.69. The number of hydrogen-bond acceptors (Lipinski definition) is 4. The molecule has 1 amide bonds. The maximum atomic E-state index is 13.5. The first-order valence-electron chi connectivity index (χ1n) is 8.38. The first-order valence-corrected chi connectivity index (χ1v) is 8.38. The van der Waals surface area contributed by atoms with Crippen molar-refractivity contribution in [3.63, 3.8) is 0 Å². The Morgan fingerprint density at radius 1 is 1.46 bits per heavy atom. The van der Waals surface area contributed by atoms with Gasteiger partial charge in [0.05, 0.1) is 13.7 Å². The molecule has 2 aliphatic rings. The van der Waals surface area contributed by atoms with E-state index in [1.165, 1.54) is 13.2 Å². The van der Waals surface area contributed by atoms with Crippen LogP contribution in [0.25, 0.3) is 0 Å². The molecule has 0 unspecified atom stereocenters. The Balaban J connectivity index is 1.72.